The molecule has 0 aromatic carbocycles. The van der Waals surface area contributed by atoms with E-state index in [0.29, 0.717) is 12.1 Å². The minimum absolute atomic E-state index is 0.543. The Balaban J connectivity index is 2.00. The van der Waals surface area contributed by atoms with Crippen LogP contribution in [-0.2, 0) is 6.42 Å². The summed E-state index contributed by atoms with van der Waals surface area (Å²) in [4.78, 5) is 1.51. The van der Waals surface area contributed by atoms with E-state index in [1.54, 1.807) is 11.3 Å². The van der Waals surface area contributed by atoms with E-state index in [4.69, 9.17) is 11.6 Å². The van der Waals surface area contributed by atoms with Gasteiger partial charge in [0.1, 0.15) is 0 Å². The average Bonchev–Trinajstić information content (AvgIpc) is 2.77. The van der Waals surface area contributed by atoms with E-state index in [-0.39, 0.29) is 0 Å². The Morgan fingerprint density at radius 3 is 2.95 bits per heavy atom. The van der Waals surface area contributed by atoms with Crippen molar-refractivity contribution in [3.8, 4) is 0 Å². The lowest BCUT2D eigenvalue weighted by molar-refractivity contribution is 0.358. The highest BCUT2D eigenvalue weighted by Gasteiger charge is 2.24. The second-order valence-corrected chi connectivity index (χ2v) is 7.44. The molecular weight excluding hydrogens is 274 g/mol. The van der Waals surface area contributed by atoms with Gasteiger partial charge in [0.15, 0.2) is 0 Å². The molecule has 0 saturated heterocycles. The van der Waals surface area contributed by atoms with E-state index in [0.717, 1.165) is 4.34 Å². The van der Waals surface area contributed by atoms with Crippen molar-refractivity contribution >= 4 is 22.9 Å². The van der Waals surface area contributed by atoms with Gasteiger partial charge in [0.25, 0.3) is 0 Å². The average molecular weight is 300 g/mol. The normalized spacial score (nSPS) is 20.3. The predicted octanol–water partition coefficient (Wildman–Crippen LogP) is 5.73. The quantitative estimate of drug-likeness (QED) is 0.678. The van der Waals surface area contributed by atoms with Crippen molar-refractivity contribution in [2.45, 2.75) is 77.3 Å². The van der Waals surface area contributed by atoms with Crippen LogP contribution in [0.3, 0.4) is 0 Å². The monoisotopic (exact) mass is 299 g/mol. The van der Waals surface area contributed by atoms with Crippen molar-refractivity contribution in [3.63, 3.8) is 0 Å². The fourth-order valence-corrected chi connectivity index (χ4v) is 4.47. The Morgan fingerprint density at radius 1 is 1.37 bits per heavy atom. The zero-order valence-electron chi connectivity index (χ0n) is 12.2. The maximum Gasteiger partial charge on any atom is 0.0934 e. The molecule has 2 unspecified atom stereocenters. The molecule has 0 amide bonds. The Bertz CT molecular complexity index is 388. The van der Waals surface area contributed by atoms with E-state index in [1.807, 2.05) is 0 Å². The van der Waals surface area contributed by atoms with Crippen LogP contribution in [0, 0.1) is 0 Å². The van der Waals surface area contributed by atoms with Gasteiger partial charge >= 0.3 is 0 Å². The van der Waals surface area contributed by atoms with Crippen molar-refractivity contribution in [2.24, 2.45) is 0 Å². The first kappa shape index (κ1) is 15.3. The second kappa shape index (κ2) is 7.66. The molecule has 0 saturated carbocycles. The van der Waals surface area contributed by atoms with E-state index in [1.165, 1.54) is 61.8 Å². The molecule has 2 rings (SSSR count). The van der Waals surface area contributed by atoms with Gasteiger partial charge < -0.3 is 5.32 Å². The van der Waals surface area contributed by atoms with Gasteiger partial charge in [0.2, 0.25) is 0 Å². The minimum atomic E-state index is 0.543. The first-order valence-electron chi connectivity index (χ1n) is 7.78. The molecule has 1 aromatic heterocycles. The number of rotatable bonds is 7. The summed E-state index contributed by atoms with van der Waals surface area (Å²) in [6.07, 6.45) is 10.3. The Labute approximate surface area is 126 Å². The number of hydrogen-bond donors (Lipinski definition) is 1. The second-order valence-electron chi connectivity index (χ2n) is 5.67. The summed E-state index contributed by atoms with van der Waals surface area (Å²) in [6.45, 7) is 4.56. The maximum absolute atomic E-state index is 6.19. The van der Waals surface area contributed by atoms with Gasteiger partial charge in [-0.2, -0.15) is 0 Å². The van der Waals surface area contributed by atoms with Crippen LogP contribution in [0.5, 0.6) is 0 Å². The van der Waals surface area contributed by atoms with Crippen LogP contribution in [0.2, 0.25) is 4.34 Å². The zero-order chi connectivity index (χ0) is 13.7. The van der Waals surface area contributed by atoms with Gasteiger partial charge in [-0.3, -0.25) is 0 Å². The van der Waals surface area contributed by atoms with Gasteiger partial charge in [0.05, 0.1) is 4.34 Å². The molecule has 19 heavy (non-hydrogen) atoms. The fraction of sp³-hybridized carbons (Fsp3) is 0.750. The molecule has 3 heteroatoms. The Morgan fingerprint density at radius 2 is 2.21 bits per heavy atom. The number of nitrogens with one attached hydrogen (secondary N) is 1. The lowest BCUT2D eigenvalue weighted by atomic mass is 9.92. The van der Waals surface area contributed by atoms with Gasteiger partial charge in [-0.1, -0.05) is 44.7 Å². The number of fused-ring (bicyclic) bond motifs is 1. The first-order chi connectivity index (χ1) is 9.24. The summed E-state index contributed by atoms with van der Waals surface area (Å²) in [7, 11) is 0. The summed E-state index contributed by atoms with van der Waals surface area (Å²) in [5.41, 5.74) is 1.49. The van der Waals surface area contributed by atoms with Crippen molar-refractivity contribution in [1.29, 1.82) is 0 Å². The number of hydrogen-bond acceptors (Lipinski definition) is 2. The van der Waals surface area contributed by atoms with Gasteiger partial charge in [-0.05, 0) is 43.7 Å². The lowest BCUT2D eigenvalue weighted by Gasteiger charge is -2.29. The van der Waals surface area contributed by atoms with E-state index in [9.17, 15) is 0 Å². The molecular formula is C16H26ClNS. The van der Waals surface area contributed by atoms with Crippen molar-refractivity contribution < 1.29 is 0 Å². The molecule has 0 spiro atoms. The van der Waals surface area contributed by atoms with Crippen LogP contribution < -0.4 is 5.32 Å². The number of aryl methyl sites for hydroxylation is 1. The zero-order valence-corrected chi connectivity index (χ0v) is 13.7. The molecule has 0 aliphatic heterocycles. The number of halogens is 1. The largest absolute Gasteiger partial charge is 0.307 e. The number of thiophene rings is 1. The predicted molar refractivity (Wildman–Crippen MR) is 86.4 cm³/mol. The van der Waals surface area contributed by atoms with Gasteiger partial charge in [-0.15, -0.1) is 11.3 Å². The molecule has 2 atom stereocenters. The topological polar surface area (TPSA) is 12.0 Å². The maximum atomic E-state index is 6.19. The van der Waals surface area contributed by atoms with Gasteiger partial charge in [0, 0.05) is 17.0 Å². The Hall–Kier alpha value is -0.0500. The molecule has 1 aromatic rings. The summed E-state index contributed by atoms with van der Waals surface area (Å²) < 4.78 is 0.958. The summed E-state index contributed by atoms with van der Waals surface area (Å²) in [5.74, 6) is 0. The summed E-state index contributed by atoms with van der Waals surface area (Å²) >= 11 is 7.97. The van der Waals surface area contributed by atoms with E-state index in [2.05, 4.69) is 25.2 Å². The van der Waals surface area contributed by atoms with E-state index < -0.39 is 0 Å². The molecule has 1 heterocycles. The summed E-state index contributed by atoms with van der Waals surface area (Å²) in [5, 5.41) is 3.91. The van der Waals surface area contributed by atoms with E-state index >= 15 is 0 Å². The fourth-order valence-electron chi connectivity index (χ4n) is 3.09. The van der Waals surface area contributed by atoms with Crippen LogP contribution in [0.15, 0.2) is 6.07 Å². The summed E-state index contributed by atoms with van der Waals surface area (Å²) in [6, 6.07) is 3.42. The van der Waals surface area contributed by atoms with Crippen LogP contribution in [0.1, 0.15) is 75.3 Å². The third-order valence-electron chi connectivity index (χ3n) is 4.06. The molecule has 1 aliphatic rings. The van der Waals surface area contributed by atoms with Crippen molar-refractivity contribution in [1.82, 2.24) is 5.32 Å². The number of unbranched alkanes of at least 4 members (excludes halogenated alkanes) is 1. The standard InChI is InChI=1S/C16H26ClNS/c1-3-5-8-12(7-4-2)18-14-9-6-10-15-13(14)11-16(17)19-15/h11-12,14,18H,3-10H2,1-2H3. The Kier molecular flexibility index (Phi) is 6.18. The molecule has 1 N–H and O–H groups in total. The smallest absolute Gasteiger partial charge is 0.0934 e. The molecule has 0 fully saturated rings. The van der Waals surface area contributed by atoms with Crippen molar-refractivity contribution in [2.75, 3.05) is 0 Å². The molecule has 0 bridgehead atoms. The van der Waals surface area contributed by atoms with Crippen LogP contribution >= 0.6 is 22.9 Å². The molecule has 1 aliphatic carbocycles. The van der Waals surface area contributed by atoms with Crippen LogP contribution in [0.25, 0.3) is 0 Å². The SMILES string of the molecule is CCCCC(CCC)NC1CCCc2sc(Cl)cc21. The lowest BCUT2D eigenvalue weighted by Crippen LogP contribution is -2.34. The molecule has 0 radical (unpaired) electrons. The van der Waals surface area contributed by atoms with Crippen molar-refractivity contribution in [3.05, 3.63) is 20.8 Å². The van der Waals surface area contributed by atoms with Gasteiger partial charge in [-0.25, -0.2) is 0 Å². The highest BCUT2D eigenvalue weighted by Crippen LogP contribution is 2.38. The first-order valence-corrected chi connectivity index (χ1v) is 8.98. The van der Waals surface area contributed by atoms with Crippen LogP contribution in [-0.4, -0.2) is 6.04 Å². The molecule has 1 nitrogen and oxygen atoms in total. The highest BCUT2D eigenvalue weighted by molar-refractivity contribution is 7.16. The highest BCUT2D eigenvalue weighted by atomic mass is 35.5. The van der Waals surface area contributed by atoms with Crippen LogP contribution in [0.4, 0.5) is 0 Å². The third kappa shape index (κ3) is 4.21. The third-order valence-corrected chi connectivity index (χ3v) is 5.40. The minimum Gasteiger partial charge on any atom is -0.307 e. The molecule has 108 valence electrons.